The number of nitrogens with one attached hydrogen (secondary N) is 2. The van der Waals surface area contributed by atoms with Crippen molar-refractivity contribution in [1.29, 1.82) is 0 Å². The smallest absolute Gasteiger partial charge is 0.221 e. The number of anilines is 2. The van der Waals surface area contributed by atoms with E-state index in [0.29, 0.717) is 6.54 Å². The summed E-state index contributed by atoms with van der Waals surface area (Å²) in [7, 11) is 0. The van der Waals surface area contributed by atoms with Crippen LogP contribution in [0, 0.1) is 0 Å². The molecule has 1 amide bonds. The van der Waals surface area contributed by atoms with Crippen LogP contribution in [0.15, 0.2) is 40.6 Å². The molecule has 0 aliphatic heterocycles. The fourth-order valence-corrected chi connectivity index (χ4v) is 3.40. The maximum Gasteiger partial charge on any atom is 0.221 e. The minimum atomic E-state index is -0.0356. The van der Waals surface area contributed by atoms with Crippen molar-refractivity contribution in [2.75, 3.05) is 16.4 Å². The molecule has 0 saturated heterocycles. The molecule has 0 atom stereocenters. The van der Waals surface area contributed by atoms with Gasteiger partial charge in [0.15, 0.2) is 0 Å². The third-order valence-electron chi connectivity index (χ3n) is 2.68. The third-order valence-corrected chi connectivity index (χ3v) is 4.56. The van der Waals surface area contributed by atoms with E-state index in [1.807, 2.05) is 29.3 Å². The van der Waals surface area contributed by atoms with Crippen molar-refractivity contribution in [3.63, 3.8) is 0 Å². The second kappa shape index (κ2) is 7.36. The van der Waals surface area contributed by atoms with Gasteiger partial charge in [0.1, 0.15) is 0 Å². The normalized spacial score (nSPS) is 10.3. The number of thioether (sulfide) groups is 1. The van der Waals surface area contributed by atoms with Crippen LogP contribution in [0.4, 0.5) is 11.4 Å². The fourth-order valence-electron chi connectivity index (χ4n) is 1.85. The molecule has 106 valence electrons. The first-order valence-electron chi connectivity index (χ1n) is 6.50. The van der Waals surface area contributed by atoms with Crippen LogP contribution in [-0.2, 0) is 11.3 Å². The number of para-hydroxylation sites is 1. The summed E-state index contributed by atoms with van der Waals surface area (Å²) in [6.45, 7) is 4.40. The van der Waals surface area contributed by atoms with Gasteiger partial charge in [-0.3, -0.25) is 4.79 Å². The summed E-state index contributed by atoms with van der Waals surface area (Å²) in [5, 5.41) is 8.30. The average molecular weight is 306 g/mol. The predicted octanol–water partition coefficient (Wildman–Crippen LogP) is 4.43. The van der Waals surface area contributed by atoms with Gasteiger partial charge in [-0.05, 0) is 29.3 Å². The van der Waals surface area contributed by atoms with Crippen LogP contribution in [0.5, 0.6) is 0 Å². The molecule has 20 heavy (non-hydrogen) atoms. The highest BCUT2D eigenvalue weighted by Crippen LogP contribution is 2.29. The molecule has 0 aliphatic rings. The first kappa shape index (κ1) is 14.9. The lowest BCUT2D eigenvalue weighted by Gasteiger charge is -2.11. The summed E-state index contributed by atoms with van der Waals surface area (Å²) in [4.78, 5) is 13.5. The second-order valence-electron chi connectivity index (χ2n) is 4.22. The summed E-state index contributed by atoms with van der Waals surface area (Å²) < 4.78 is 0. The lowest BCUT2D eigenvalue weighted by molar-refractivity contribution is -0.114. The average Bonchev–Trinajstić information content (AvgIpc) is 2.84. The molecule has 0 bridgehead atoms. The minimum absolute atomic E-state index is 0.0356. The number of thiophene rings is 1. The molecule has 1 aromatic heterocycles. The maximum absolute atomic E-state index is 11.1. The quantitative estimate of drug-likeness (QED) is 0.776. The van der Waals surface area contributed by atoms with Crippen LogP contribution in [0.2, 0.25) is 0 Å². The Kier molecular flexibility index (Phi) is 5.49. The number of benzene rings is 1. The summed E-state index contributed by atoms with van der Waals surface area (Å²) in [6, 6.07) is 10.2. The van der Waals surface area contributed by atoms with E-state index in [-0.39, 0.29) is 5.91 Å². The minimum Gasteiger partial charge on any atom is -0.379 e. The topological polar surface area (TPSA) is 41.1 Å². The van der Waals surface area contributed by atoms with Gasteiger partial charge in [-0.25, -0.2) is 0 Å². The second-order valence-corrected chi connectivity index (χ2v) is 6.53. The summed E-state index contributed by atoms with van der Waals surface area (Å²) >= 11 is 3.47. The molecule has 0 radical (unpaired) electrons. The van der Waals surface area contributed by atoms with E-state index >= 15 is 0 Å². The molecule has 2 N–H and O–H groups in total. The van der Waals surface area contributed by atoms with E-state index in [1.165, 1.54) is 11.8 Å². The Hall–Kier alpha value is -1.46. The van der Waals surface area contributed by atoms with Gasteiger partial charge in [0.25, 0.3) is 0 Å². The van der Waals surface area contributed by atoms with Crippen LogP contribution in [0.1, 0.15) is 18.7 Å². The van der Waals surface area contributed by atoms with E-state index in [9.17, 15) is 4.79 Å². The standard InChI is InChI=1S/C15H18N2OS2/c1-3-19-14-7-5-4-6-12(14)16-10-15-13(8-9-20-15)17-11(2)18/h4-9,16H,3,10H2,1-2H3,(H,17,18). The fraction of sp³-hybridized carbons (Fsp3) is 0.267. The largest absolute Gasteiger partial charge is 0.379 e. The summed E-state index contributed by atoms with van der Waals surface area (Å²) in [5.41, 5.74) is 2.04. The van der Waals surface area contributed by atoms with E-state index in [2.05, 4.69) is 35.8 Å². The van der Waals surface area contributed by atoms with Crippen LogP contribution in [-0.4, -0.2) is 11.7 Å². The van der Waals surface area contributed by atoms with Crippen LogP contribution in [0.3, 0.4) is 0 Å². The van der Waals surface area contributed by atoms with Gasteiger partial charge in [0.05, 0.1) is 12.2 Å². The van der Waals surface area contributed by atoms with Gasteiger partial charge >= 0.3 is 0 Å². The molecule has 0 spiro atoms. The van der Waals surface area contributed by atoms with Crippen molar-refractivity contribution in [3.05, 3.63) is 40.6 Å². The molecule has 0 saturated carbocycles. The molecular weight excluding hydrogens is 288 g/mol. The molecule has 1 aromatic carbocycles. The van der Waals surface area contributed by atoms with E-state index in [1.54, 1.807) is 11.3 Å². The van der Waals surface area contributed by atoms with Crippen molar-refractivity contribution in [1.82, 2.24) is 0 Å². The predicted molar refractivity (Wildman–Crippen MR) is 88.8 cm³/mol. The highest BCUT2D eigenvalue weighted by atomic mass is 32.2. The van der Waals surface area contributed by atoms with Crippen LogP contribution < -0.4 is 10.6 Å². The Bertz CT molecular complexity index is 581. The molecule has 5 heteroatoms. The third kappa shape index (κ3) is 4.02. The zero-order chi connectivity index (χ0) is 14.4. The number of rotatable bonds is 6. The van der Waals surface area contributed by atoms with Gasteiger partial charge in [-0.2, -0.15) is 0 Å². The molecule has 0 unspecified atom stereocenters. The Labute approximate surface area is 127 Å². The maximum atomic E-state index is 11.1. The van der Waals surface area contributed by atoms with Crippen molar-refractivity contribution in [3.8, 4) is 0 Å². The van der Waals surface area contributed by atoms with Crippen molar-refractivity contribution in [2.24, 2.45) is 0 Å². The highest BCUT2D eigenvalue weighted by Gasteiger charge is 2.07. The van der Waals surface area contributed by atoms with Gasteiger partial charge in [0.2, 0.25) is 5.91 Å². The Balaban J connectivity index is 2.05. The zero-order valence-corrected chi connectivity index (χ0v) is 13.2. The Morgan fingerprint density at radius 3 is 2.80 bits per heavy atom. The van der Waals surface area contributed by atoms with Gasteiger partial charge < -0.3 is 10.6 Å². The van der Waals surface area contributed by atoms with E-state index < -0.39 is 0 Å². The van der Waals surface area contributed by atoms with Crippen LogP contribution in [0.25, 0.3) is 0 Å². The van der Waals surface area contributed by atoms with Crippen LogP contribution >= 0.6 is 23.1 Å². The monoisotopic (exact) mass is 306 g/mol. The van der Waals surface area contributed by atoms with E-state index in [0.717, 1.165) is 22.0 Å². The van der Waals surface area contributed by atoms with Gasteiger partial charge in [-0.1, -0.05) is 19.1 Å². The van der Waals surface area contributed by atoms with E-state index in [4.69, 9.17) is 0 Å². The summed E-state index contributed by atoms with van der Waals surface area (Å²) in [6.07, 6.45) is 0. The number of hydrogen-bond acceptors (Lipinski definition) is 4. The SMILES string of the molecule is CCSc1ccccc1NCc1sccc1NC(C)=O. The Morgan fingerprint density at radius 1 is 1.25 bits per heavy atom. The number of carbonyl (C=O) groups excluding carboxylic acids is 1. The van der Waals surface area contributed by atoms with Gasteiger partial charge in [-0.15, -0.1) is 23.1 Å². The first-order valence-corrected chi connectivity index (χ1v) is 8.37. The lowest BCUT2D eigenvalue weighted by Crippen LogP contribution is -2.08. The van der Waals surface area contributed by atoms with Gasteiger partial charge in [0, 0.05) is 22.4 Å². The first-order chi connectivity index (χ1) is 9.70. The zero-order valence-electron chi connectivity index (χ0n) is 11.6. The van der Waals surface area contributed by atoms with Crippen molar-refractivity contribution < 1.29 is 4.79 Å². The molecule has 3 nitrogen and oxygen atoms in total. The molecule has 1 heterocycles. The molecule has 2 rings (SSSR count). The molecule has 0 aliphatic carbocycles. The molecule has 0 fully saturated rings. The highest BCUT2D eigenvalue weighted by molar-refractivity contribution is 7.99. The molecular formula is C15H18N2OS2. The lowest BCUT2D eigenvalue weighted by atomic mass is 10.3. The van der Waals surface area contributed by atoms with Crippen molar-refractivity contribution >= 4 is 40.4 Å². The number of amides is 1. The number of carbonyl (C=O) groups is 1. The van der Waals surface area contributed by atoms with Crippen molar-refractivity contribution in [2.45, 2.75) is 25.3 Å². The number of hydrogen-bond donors (Lipinski definition) is 2. The molecule has 2 aromatic rings. The Morgan fingerprint density at radius 2 is 2.05 bits per heavy atom. The summed E-state index contributed by atoms with van der Waals surface area (Å²) in [5.74, 6) is 1.01.